The van der Waals surface area contributed by atoms with Crippen LogP contribution < -0.4 is 5.32 Å². The first-order valence-corrected chi connectivity index (χ1v) is 6.55. The van der Waals surface area contributed by atoms with Gasteiger partial charge in [0, 0.05) is 6.04 Å². The van der Waals surface area contributed by atoms with Crippen LogP contribution in [0.1, 0.15) is 46.6 Å². The fraction of sp³-hybridized carbons (Fsp3) is 0.692. The number of carbonyl (C=O) groups is 2. The lowest BCUT2D eigenvalue weighted by atomic mass is 9.87. The van der Waals surface area contributed by atoms with Crippen LogP contribution in [0, 0.1) is 5.41 Å². The number of nitrogens with zero attached hydrogens (tertiary/aromatic N) is 3. The van der Waals surface area contributed by atoms with Crippen molar-refractivity contribution in [3.63, 3.8) is 0 Å². The van der Waals surface area contributed by atoms with Gasteiger partial charge in [-0.1, -0.05) is 20.8 Å². The van der Waals surface area contributed by atoms with E-state index in [1.54, 1.807) is 6.92 Å². The predicted molar refractivity (Wildman–Crippen MR) is 73.0 cm³/mol. The van der Waals surface area contributed by atoms with Gasteiger partial charge < -0.3 is 10.4 Å². The summed E-state index contributed by atoms with van der Waals surface area (Å²) in [6, 6.07) is -0.917. The molecule has 7 nitrogen and oxygen atoms in total. The number of aliphatic carboxylic acids is 1. The van der Waals surface area contributed by atoms with Crippen LogP contribution in [-0.4, -0.2) is 37.8 Å². The maximum absolute atomic E-state index is 12.1. The van der Waals surface area contributed by atoms with E-state index in [0.717, 1.165) is 0 Å². The number of carboxylic acids is 1. The molecule has 0 radical (unpaired) electrons. The molecule has 0 aromatic carbocycles. The van der Waals surface area contributed by atoms with Gasteiger partial charge in [0.15, 0.2) is 0 Å². The van der Waals surface area contributed by atoms with Gasteiger partial charge in [0.25, 0.3) is 0 Å². The molecular formula is C13H22N4O3. The second-order valence-electron chi connectivity index (χ2n) is 6.12. The number of carbonyl (C=O) groups excluding carboxylic acids is 1. The first-order valence-electron chi connectivity index (χ1n) is 6.55. The van der Waals surface area contributed by atoms with Gasteiger partial charge in [-0.3, -0.25) is 9.59 Å². The van der Waals surface area contributed by atoms with Crippen LogP contribution in [-0.2, 0) is 9.59 Å². The van der Waals surface area contributed by atoms with Gasteiger partial charge in [-0.25, -0.2) is 9.67 Å². The first kappa shape index (κ1) is 16.1. The van der Waals surface area contributed by atoms with E-state index in [9.17, 15) is 9.59 Å². The molecule has 1 aromatic heterocycles. The highest BCUT2D eigenvalue weighted by molar-refractivity contribution is 5.80. The van der Waals surface area contributed by atoms with E-state index < -0.39 is 18.1 Å². The van der Waals surface area contributed by atoms with Gasteiger partial charge in [0.2, 0.25) is 5.91 Å². The van der Waals surface area contributed by atoms with E-state index in [1.165, 1.54) is 17.3 Å². The Morgan fingerprint density at radius 1 is 1.40 bits per heavy atom. The second-order valence-corrected chi connectivity index (χ2v) is 6.12. The van der Waals surface area contributed by atoms with Crippen LogP contribution in [0.4, 0.5) is 0 Å². The van der Waals surface area contributed by atoms with Crippen molar-refractivity contribution in [2.24, 2.45) is 5.41 Å². The number of rotatable bonds is 6. The van der Waals surface area contributed by atoms with Gasteiger partial charge in [0.05, 0.1) is 6.42 Å². The number of aromatic nitrogens is 3. The molecule has 0 aliphatic carbocycles. The number of carboxylic acid groups (broad SMARTS) is 1. The molecule has 0 aliphatic heterocycles. The Labute approximate surface area is 118 Å². The summed E-state index contributed by atoms with van der Waals surface area (Å²) in [7, 11) is 0. The number of hydrogen-bond donors (Lipinski definition) is 2. The molecule has 0 aliphatic rings. The number of hydrogen-bond acceptors (Lipinski definition) is 4. The minimum absolute atomic E-state index is 0.0656. The van der Waals surface area contributed by atoms with Crippen LogP contribution in [0.25, 0.3) is 0 Å². The third-order valence-electron chi connectivity index (χ3n) is 2.84. The molecule has 20 heavy (non-hydrogen) atoms. The van der Waals surface area contributed by atoms with Crippen LogP contribution in [0.3, 0.4) is 0 Å². The van der Waals surface area contributed by atoms with Gasteiger partial charge >= 0.3 is 5.97 Å². The number of amides is 1. The van der Waals surface area contributed by atoms with Crippen molar-refractivity contribution in [1.82, 2.24) is 20.1 Å². The number of nitrogens with one attached hydrogen (secondary N) is 1. The summed E-state index contributed by atoms with van der Waals surface area (Å²) in [5.41, 5.74) is -0.0656. The molecule has 2 unspecified atom stereocenters. The first-order chi connectivity index (χ1) is 9.19. The molecule has 1 amide bonds. The second kappa shape index (κ2) is 6.49. The van der Waals surface area contributed by atoms with Gasteiger partial charge in [0.1, 0.15) is 18.7 Å². The summed E-state index contributed by atoms with van der Waals surface area (Å²) in [6.07, 6.45) is 3.32. The molecule has 0 fully saturated rings. The lowest BCUT2D eigenvalue weighted by molar-refractivity contribution is -0.138. The summed E-state index contributed by atoms with van der Waals surface area (Å²) in [6.45, 7) is 7.72. The highest BCUT2D eigenvalue weighted by atomic mass is 16.4. The zero-order valence-electron chi connectivity index (χ0n) is 12.3. The molecule has 2 atom stereocenters. The van der Waals surface area contributed by atoms with Crippen LogP contribution in [0.2, 0.25) is 0 Å². The van der Waals surface area contributed by atoms with Crippen molar-refractivity contribution in [2.45, 2.75) is 52.6 Å². The van der Waals surface area contributed by atoms with Crippen molar-refractivity contribution in [1.29, 1.82) is 0 Å². The van der Waals surface area contributed by atoms with E-state index in [4.69, 9.17) is 5.11 Å². The summed E-state index contributed by atoms with van der Waals surface area (Å²) in [5, 5.41) is 15.6. The van der Waals surface area contributed by atoms with E-state index in [0.29, 0.717) is 6.42 Å². The molecule has 2 N–H and O–H groups in total. The van der Waals surface area contributed by atoms with E-state index in [-0.39, 0.29) is 17.7 Å². The maximum Gasteiger partial charge on any atom is 0.305 e. The Morgan fingerprint density at radius 3 is 2.50 bits per heavy atom. The molecule has 0 saturated heterocycles. The lowest BCUT2D eigenvalue weighted by Crippen LogP contribution is -2.42. The topological polar surface area (TPSA) is 97.1 Å². The third kappa shape index (κ3) is 5.38. The third-order valence-corrected chi connectivity index (χ3v) is 2.84. The Balaban J connectivity index is 2.68. The Bertz CT molecular complexity index is 451. The summed E-state index contributed by atoms with van der Waals surface area (Å²) < 4.78 is 1.43. The minimum atomic E-state index is -0.923. The molecule has 0 saturated carbocycles. The fourth-order valence-electron chi connectivity index (χ4n) is 1.98. The highest BCUT2D eigenvalue weighted by Gasteiger charge is 2.25. The van der Waals surface area contributed by atoms with Crippen molar-refractivity contribution in [3.05, 3.63) is 12.7 Å². The zero-order valence-corrected chi connectivity index (χ0v) is 12.3. The lowest BCUT2D eigenvalue weighted by Gasteiger charge is -2.26. The molecule has 7 heteroatoms. The zero-order chi connectivity index (χ0) is 15.3. The Kier molecular flexibility index (Phi) is 5.24. The summed E-state index contributed by atoms with van der Waals surface area (Å²) >= 11 is 0. The fourth-order valence-corrected chi connectivity index (χ4v) is 1.98. The molecular weight excluding hydrogens is 260 g/mol. The van der Waals surface area contributed by atoms with Gasteiger partial charge in [-0.05, 0) is 18.8 Å². The van der Waals surface area contributed by atoms with Crippen LogP contribution in [0.15, 0.2) is 12.7 Å². The molecule has 1 rings (SSSR count). The molecule has 0 bridgehead atoms. The summed E-state index contributed by atoms with van der Waals surface area (Å²) in [4.78, 5) is 26.8. The Morgan fingerprint density at radius 2 is 2.05 bits per heavy atom. The quantitative estimate of drug-likeness (QED) is 0.818. The van der Waals surface area contributed by atoms with Crippen LogP contribution in [0.5, 0.6) is 0 Å². The van der Waals surface area contributed by atoms with E-state index >= 15 is 0 Å². The minimum Gasteiger partial charge on any atom is -0.481 e. The van der Waals surface area contributed by atoms with Gasteiger partial charge in [-0.2, -0.15) is 5.10 Å². The molecule has 1 heterocycles. The smallest absolute Gasteiger partial charge is 0.305 e. The van der Waals surface area contributed by atoms with Crippen LogP contribution >= 0.6 is 0 Å². The van der Waals surface area contributed by atoms with Crippen molar-refractivity contribution in [3.8, 4) is 0 Å². The van der Waals surface area contributed by atoms with Crippen molar-refractivity contribution >= 4 is 11.9 Å². The monoisotopic (exact) mass is 282 g/mol. The maximum atomic E-state index is 12.1. The van der Waals surface area contributed by atoms with Crippen molar-refractivity contribution < 1.29 is 14.7 Å². The molecule has 112 valence electrons. The predicted octanol–water partition coefficient (Wildman–Crippen LogP) is 1.23. The molecule has 1 aromatic rings. The normalized spacial score (nSPS) is 14.6. The Hall–Kier alpha value is -1.92. The SMILES string of the molecule is CC(C(=O)NC(CC(=O)O)CC(C)(C)C)n1cncn1. The van der Waals surface area contributed by atoms with Gasteiger partial charge in [-0.15, -0.1) is 0 Å². The largest absolute Gasteiger partial charge is 0.481 e. The highest BCUT2D eigenvalue weighted by Crippen LogP contribution is 2.22. The molecule has 0 spiro atoms. The average Bonchev–Trinajstić information content (AvgIpc) is 2.77. The van der Waals surface area contributed by atoms with E-state index in [2.05, 4.69) is 15.4 Å². The van der Waals surface area contributed by atoms with Crippen molar-refractivity contribution in [2.75, 3.05) is 0 Å². The average molecular weight is 282 g/mol. The summed E-state index contributed by atoms with van der Waals surface area (Å²) in [5.74, 6) is -1.18. The van der Waals surface area contributed by atoms with E-state index in [1.807, 2.05) is 20.8 Å². The standard InChI is InChI=1S/C13H22N4O3/c1-9(17-8-14-7-15-17)12(20)16-10(5-11(18)19)6-13(2,3)4/h7-10H,5-6H2,1-4H3,(H,16,20)(H,18,19).